The Morgan fingerprint density at radius 2 is 1.71 bits per heavy atom. The highest BCUT2D eigenvalue weighted by atomic mass is 35.5. The molecule has 5 nitrogen and oxygen atoms in total. The highest BCUT2D eigenvalue weighted by Gasteiger charge is 2.27. The number of aryl methyl sites for hydroxylation is 1. The lowest BCUT2D eigenvalue weighted by molar-refractivity contribution is 0.00695. The number of hydrogen-bond donors (Lipinski definition) is 1. The summed E-state index contributed by atoms with van der Waals surface area (Å²) < 4.78 is 10.9. The molecule has 2 aromatic carbocycles. The number of methoxy groups -OCH3 is 1. The van der Waals surface area contributed by atoms with E-state index in [4.69, 9.17) is 32.7 Å². The Morgan fingerprint density at radius 3 is 2.37 bits per heavy atom. The van der Waals surface area contributed by atoms with E-state index in [9.17, 15) is 9.90 Å². The number of para-hydroxylation sites is 1. The molecule has 1 aliphatic heterocycles. The summed E-state index contributed by atoms with van der Waals surface area (Å²) in [7, 11) is 1.67. The fourth-order valence-electron chi connectivity index (χ4n) is 3.98. The van der Waals surface area contributed by atoms with Gasteiger partial charge in [-0.25, -0.2) is 4.79 Å². The minimum absolute atomic E-state index is 0.295. The number of benzene rings is 2. The number of halogens is 2. The number of esters is 1. The maximum atomic E-state index is 12.3. The molecule has 2 aromatic rings. The first-order valence-corrected chi connectivity index (χ1v) is 12.5. The molecule has 35 heavy (non-hydrogen) atoms. The Morgan fingerprint density at radius 1 is 1.03 bits per heavy atom. The molecule has 0 radical (unpaired) electrons. The fourth-order valence-corrected chi connectivity index (χ4v) is 4.59. The van der Waals surface area contributed by atoms with Gasteiger partial charge in [0.15, 0.2) is 6.23 Å². The summed E-state index contributed by atoms with van der Waals surface area (Å²) >= 11 is 12.8. The van der Waals surface area contributed by atoms with Gasteiger partial charge in [-0.15, -0.1) is 0 Å². The number of nitrogens with zero attached hydrogens (tertiary/aromatic N) is 1. The van der Waals surface area contributed by atoms with E-state index in [2.05, 4.69) is 6.07 Å². The van der Waals surface area contributed by atoms with Crippen molar-refractivity contribution in [2.75, 3.05) is 13.7 Å². The average molecular weight is 518 g/mol. The van der Waals surface area contributed by atoms with E-state index < -0.39 is 11.8 Å². The fraction of sp³-hybridized carbons (Fsp3) is 0.393. The lowest BCUT2D eigenvalue weighted by atomic mass is 10.0. The zero-order valence-corrected chi connectivity index (χ0v) is 22.2. The Balaban J connectivity index is 1.65. The van der Waals surface area contributed by atoms with Crippen LogP contribution in [0.1, 0.15) is 55.1 Å². The van der Waals surface area contributed by atoms with Crippen molar-refractivity contribution in [2.45, 2.75) is 58.3 Å². The van der Waals surface area contributed by atoms with Gasteiger partial charge < -0.3 is 19.5 Å². The monoisotopic (exact) mass is 517 g/mol. The zero-order valence-electron chi connectivity index (χ0n) is 20.7. The van der Waals surface area contributed by atoms with Crippen LogP contribution in [0.15, 0.2) is 70.4 Å². The van der Waals surface area contributed by atoms with Crippen molar-refractivity contribution in [3.05, 3.63) is 87.1 Å². The van der Waals surface area contributed by atoms with Gasteiger partial charge in [-0.05, 0) is 81.9 Å². The molecule has 0 amide bonds. The predicted octanol–water partition coefficient (Wildman–Crippen LogP) is 6.42. The van der Waals surface area contributed by atoms with Gasteiger partial charge in [-0.2, -0.15) is 0 Å². The highest BCUT2D eigenvalue weighted by molar-refractivity contribution is 6.35. The number of aliphatic hydroxyl groups is 1. The Hall–Kier alpha value is -2.47. The second-order valence-electron chi connectivity index (χ2n) is 9.51. The molecule has 0 saturated heterocycles. The molecule has 1 unspecified atom stereocenters. The number of allylic oxidation sites excluding steroid dienone is 3. The summed E-state index contributed by atoms with van der Waals surface area (Å²) in [6, 6.07) is 15.3. The normalized spacial score (nSPS) is 16.3. The summed E-state index contributed by atoms with van der Waals surface area (Å²) in [5.74, 6) is 0.519. The second kappa shape index (κ2) is 12.0. The van der Waals surface area contributed by atoms with Gasteiger partial charge in [-0.3, -0.25) is 0 Å². The van der Waals surface area contributed by atoms with Crippen molar-refractivity contribution in [2.24, 2.45) is 0 Å². The molecule has 1 N–H and O–H groups in total. The molecule has 0 spiro atoms. The van der Waals surface area contributed by atoms with E-state index >= 15 is 0 Å². The molecule has 0 aliphatic carbocycles. The second-order valence-corrected chi connectivity index (χ2v) is 10.3. The van der Waals surface area contributed by atoms with Crippen LogP contribution in [0.2, 0.25) is 0 Å². The number of aliphatic hydroxyl groups excluding tert-OH is 1. The Bertz CT molecular complexity index is 1090. The van der Waals surface area contributed by atoms with Crippen molar-refractivity contribution < 1.29 is 19.4 Å². The quantitative estimate of drug-likeness (QED) is 0.388. The first-order chi connectivity index (χ1) is 16.6. The molecular weight excluding hydrogens is 485 g/mol. The van der Waals surface area contributed by atoms with Crippen LogP contribution in [-0.4, -0.2) is 41.5 Å². The molecule has 1 atom stereocenters. The van der Waals surface area contributed by atoms with Gasteiger partial charge in [0.05, 0.1) is 22.7 Å². The Kier molecular flexibility index (Phi) is 9.28. The van der Waals surface area contributed by atoms with Gasteiger partial charge in [0.1, 0.15) is 11.4 Å². The highest BCUT2D eigenvalue weighted by Crippen LogP contribution is 2.33. The molecule has 0 aromatic heterocycles. The summed E-state index contributed by atoms with van der Waals surface area (Å²) in [4.78, 5) is 14.1. The molecule has 0 fully saturated rings. The SMILES string of the molecule is COc1ccccc1CCCC1=C(Cl)C=C(Cl)C(O)N1CCc1ccc(C(=O)OC(C)(C)C)cc1. The van der Waals surface area contributed by atoms with Crippen LogP contribution in [-0.2, 0) is 17.6 Å². The third kappa shape index (κ3) is 7.50. The minimum atomic E-state index is -0.943. The molecule has 188 valence electrons. The third-order valence-electron chi connectivity index (χ3n) is 5.71. The van der Waals surface area contributed by atoms with Crippen molar-refractivity contribution in [1.82, 2.24) is 4.90 Å². The van der Waals surface area contributed by atoms with E-state index in [1.807, 2.05) is 56.0 Å². The van der Waals surface area contributed by atoms with Crippen molar-refractivity contribution >= 4 is 29.2 Å². The standard InChI is InChI=1S/C28H33Cl2NO4/c1-28(2,3)35-27(33)21-14-12-19(13-15-21)16-17-31-24(22(29)18-23(30)26(31)32)10-7-9-20-8-5-6-11-25(20)34-4/h5-6,8,11-15,18,26,32H,7,9-10,16-17H2,1-4H3. The van der Waals surface area contributed by atoms with Gasteiger partial charge in [-0.1, -0.05) is 53.5 Å². The average Bonchev–Trinajstić information content (AvgIpc) is 2.81. The van der Waals surface area contributed by atoms with Crippen LogP contribution in [0.3, 0.4) is 0 Å². The van der Waals surface area contributed by atoms with Crippen LogP contribution in [0, 0.1) is 0 Å². The van der Waals surface area contributed by atoms with E-state index in [-0.39, 0.29) is 5.97 Å². The number of rotatable bonds is 9. The van der Waals surface area contributed by atoms with E-state index in [1.54, 1.807) is 25.3 Å². The summed E-state index contributed by atoms with van der Waals surface area (Å²) in [6.45, 7) is 6.05. The molecule has 0 saturated carbocycles. The van der Waals surface area contributed by atoms with Crippen LogP contribution in [0.4, 0.5) is 0 Å². The molecule has 0 bridgehead atoms. The topological polar surface area (TPSA) is 59.0 Å². The number of ether oxygens (including phenoxy) is 2. The number of carbonyl (C=O) groups excluding carboxylic acids is 1. The van der Waals surface area contributed by atoms with Crippen LogP contribution in [0.25, 0.3) is 0 Å². The molecule has 3 rings (SSSR count). The largest absolute Gasteiger partial charge is 0.496 e. The van der Waals surface area contributed by atoms with Crippen LogP contribution >= 0.6 is 23.2 Å². The molecule has 1 heterocycles. The summed E-state index contributed by atoms with van der Waals surface area (Å²) in [5.41, 5.74) is 2.99. The smallest absolute Gasteiger partial charge is 0.338 e. The van der Waals surface area contributed by atoms with E-state index in [1.165, 1.54) is 0 Å². The van der Waals surface area contributed by atoms with E-state index in [0.717, 1.165) is 35.4 Å². The lowest BCUT2D eigenvalue weighted by Gasteiger charge is -2.35. The van der Waals surface area contributed by atoms with Crippen LogP contribution in [0.5, 0.6) is 5.75 Å². The maximum Gasteiger partial charge on any atom is 0.338 e. The summed E-state index contributed by atoms with van der Waals surface area (Å²) in [6.07, 6.45) is 3.68. The molecular formula is C28H33Cl2NO4. The number of hydrogen-bond acceptors (Lipinski definition) is 5. The predicted molar refractivity (Wildman–Crippen MR) is 141 cm³/mol. The lowest BCUT2D eigenvalue weighted by Crippen LogP contribution is -2.38. The molecule has 1 aliphatic rings. The van der Waals surface area contributed by atoms with Gasteiger partial charge in [0.2, 0.25) is 0 Å². The van der Waals surface area contributed by atoms with Crippen molar-refractivity contribution in [3.8, 4) is 5.75 Å². The van der Waals surface area contributed by atoms with Crippen molar-refractivity contribution in [3.63, 3.8) is 0 Å². The minimum Gasteiger partial charge on any atom is -0.496 e. The maximum absolute atomic E-state index is 12.3. The Labute approximate surface area is 217 Å². The first-order valence-electron chi connectivity index (χ1n) is 11.7. The number of carbonyl (C=O) groups is 1. The zero-order chi connectivity index (χ0) is 25.6. The summed E-state index contributed by atoms with van der Waals surface area (Å²) in [5, 5.41) is 11.6. The third-order valence-corrected chi connectivity index (χ3v) is 6.34. The van der Waals surface area contributed by atoms with Gasteiger partial charge in [0, 0.05) is 12.2 Å². The van der Waals surface area contributed by atoms with Gasteiger partial charge >= 0.3 is 5.97 Å². The van der Waals surface area contributed by atoms with Gasteiger partial charge in [0.25, 0.3) is 0 Å². The first kappa shape index (κ1) is 27.1. The van der Waals surface area contributed by atoms with Crippen molar-refractivity contribution in [1.29, 1.82) is 0 Å². The van der Waals surface area contributed by atoms with E-state index in [0.29, 0.717) is 35.0 Å². The van der Waals surface area contributed by atoms with Crippen LogP contribution < -0.4 is 4.74 Å². The molecule has 7 heteroatoms.